The van der Waals surface area contributed by atoms with Crippen molar-refractivity contribution in [2.24, 2.45) is 0 Å². The normalized spacial score (nSPS) is 11.7. The third-order valence-electron chi connectivity index (χ3n) is 1.62. The van der Waals surface area contributed by atoms with Gasteiger partial charge in [-0.05, 0) is 32.9 Å². The molecule has 0 aliphatic rings. The van der Waals surface area contributed by atoms with Crippen LogP contribution in [0.25, 0.3) is 0 Å². The summed E-state index contributed by atoms with van der Waals surface area (Å²) in [4.78, 5) is 4.36. The van der Waals surface area contributed by atoms with Gasteiger partial charge in [0.05, 0.1) is 11.6 Å². The van der Waals surface area contributed by atoms with E-state index in [1.165, 1.54) is 0 Å². The highest BCUT2D eigenvalue weighted by atomic mass is 32.2. The van der Waals surface area contributed by atoms with E-state index in [1.807, 2.05) is 39.0 Å². The second kappa shape index (κ2) is 4.11. The van der Waals surface area contributed by atoms with Gasteiger partial charge in [0.1, 0.15) is 0 Å². The Morgan fingerprint density at radius 3 is 2.69 bits per heavy atom. The lowest BCUT2D eigenvalue weighted by Gasteiger charge is -2.19. The number of rotatable bonds is 3. The molecule has 1 N–H and O–H groups in total. The van der Waals surface area contributed by atoms with Gasteiger partial charge in [0.25, 0.3) is 0 Å². The lowest BCUT2D eigenvalue weighted by Crippen LogP contribution is -2.19. The first-order valence-electron chi connectivity index (χ1n) is 4.27. The fourth-order valence-corrected chi connectivity index (χ4v) is 1.86. The van der Waals surface area contributed by atoms with Crippen LogP contribution in [0.2, 0.25) is 0 Å². The smallest absolute Gasteiger partial charge is 0.0969 e. The molecule has 0 spiro atoms. The summed E-state index contributed by atoms with van der Waals surface area (Å²) in [5.74, 6) is 0. The number of pyridine rings is 1. The summed E-state index contributed by atoms with van der Waals surface area (Å²) in [7, 11) is 0. The number of aliphatic hydroxyl groups is 1. The summed E-state index contributed by atoms with van der Waals surface area (Å²) in [6, 6.07) is 5.92. The molecule has 0 atom stereocenters. The van der Waals surface area contributed by atoms with Gasteiger partial charge in [0.2, 0.25) is 0 Å². The first kappa shape index (κ1) is 10.5. The minimum atomic E-state index is -0.152. The molecule has 0 fully saturated rings. The number of aromatic nitrogens is 1. The minimum Gasteiger partial charge on any atom is -0.395 e. The molecule has 0 unspecified atom stereocenters. The maximum absolute atomic E-state index is 9.08. The van der Waals surface area contributed by atoms with Gasteiger partial charge in [-0.1, -0.05) is 17.8 Å². The number of hydrogen-bond donors (Lipinski definition) is 1. The lowest BCUT2D eigenvalue weighted by atomic mass is 10.2. The highest BCUT2D eigenvalue weighted by molar-refractivity contribution is 8.00. The van der Waals surface area contributed by atoms with Crippen LogP contribution in [0.15, 0.2) is 23.2 Å². The van der Waals surface area contributed by atoms with Gasteiger partial charge in [-0.2, -0.15) is 0 Å². The molecular weight excluding hydrogens is 182 g/mol. The third kappa shape index (κ3) is 3.36. The van der Waals surface area contributed by atoms with Crippen LogP contribution in [0, 0.1) is 6.92 Å². The Kier molecular flexibility index (Phi) is 3.33. The summed E-state index contributed by atoms with van der Waals surface area (Å²) in [5.41, 5.74) is 1.01. The molecule has 0 bridgehead atoms. The van der Waals surface area contributed by atoms with Gasteiger partial charge in [0, 0.05) is 10.4 Å². The van der Waals surface area contributed by atoms with Crippen LogP contribution in [0.3, 0.4) is 0 Å². The topological polar surface area (TPSA) is 33.1 Å². The van der Waals surface area contributed by atoms with Crippen molar-refractivity contribution in [1.82, 2.24) is 4.98 Å². The lowest BCUT2D eigenvalue weighted by molar-refractivity contribution is 0.265. The predicted octanol–water partition coefficient (Wildman–Crippen LogP) is 2.25. The molecule has 3 heteroatoms. The van der Waals surface area contributed by atoms with Gasteiger partial charge in [-0.15, -0.1) is 0 Å². The van der Waals surface area contributed by atoms with Crippen LogP contribution >= 0.6 is 11.8 Å². The van der Waals surface area contributed by atoms with Crippen LogP contribution in [-0.4, -0.2) is 21.4 Å². The van der Waals surface area contributed by atoms with Crippen LogP contribution in [0.1, 0.15) is 19.5 Å². The maximum atomic E-state index is 9.08. The first-order valence-corrected chi connectivity index (χ1v) is 5.09. The summed E-state index contributed by atoms with van der Waals surface area (Å²) in [6.45, 7) is 6.13. The van der Waals surface area contributed by atoms with Crippen molar-refractivity contribution in [2.45, 2.75) is 30.5 Å². The third-order valence-corrected chi connectivity index (χ3v) is 2.74. The standard InChI is InChI=1S/C10H15NOS/c1-8-5-4-6-9(11-8)13-10(2,3)7-12/h4-6,12H,7H2,1-3H3. The summed E-state index contributed by atoms with van der Waals surface area (Å²) >= 11 is 1.60. The van der Waals surface area contributed by atoms with Crippen molar-refractivity contribution < 1.29 is 5.11 Å². The molecule has 1 heterocycles. The quantitative estimate of drug-likeness (QED) is 0.754. The average molecular weight is 197 g/mol. The molecule has 0 aromatic carbocycles. The Labute approximate surface area is 83.4 Å². The van der Waals surface area contributed by atoms with Crippen molar-refractivity contribution in [1.29, 1.82) is 0 Å². The van der Waals surface area contributed by atoms with E-state index in [1.54, 1.807) is 11.8 Å². The number of aryl methyl sites for hydroxylation is 1. The van der Waals surface area contributed by atoms with Crippen molar-refractivity contribution in [3.8, 4) is 0 Å². The Morgan fingerprint density at radius 2 is 2.15 bits per heavy atom. The molecule has 0 aliphatic heterocycles. The largest absolute Gasteiger partial charge is 0.395 e. The Hall–Kier alpha value is -0.540. The Bertz CT molecular complexity index is 286. The van der Waals surface area contributed by atoms with Gasteiger partial charge in [-0.25, -0.2) is 4.98 Å². The summed E-state index contributed by atoms with van der Waals surface area (Å²) < 4.78 is -0.152. The second-order valence-electron chi connectivity index (χ2n) is 3.64. The second-order valence-corrected chi connectivity index (χ2v) is 5.36. The zero-order valence-corrected chi connectivity index (χ0v) is 9.06. The summed E-state index contributed by atoms with van der Waals surface area (Å²) in [5, 5.41) is 10.0. The highest BCUT2D eigenvalue weighted by Crippen LogP contribution is 2.30. The Balaban J connectivity index is 2.74. The fourth-order valence-electron chi connectivity index (χ4n) is 0.890. The highest BCUT2D eigenvalue weighted by Gasteiger charge is 2.18. The predicted molar refractivity (Wildman–Crippen MR) is 56.0 cm³/mol. The Morgan fingerprint density at radius 1 is 1.46 bits per heavy atom. The van der Waals surface area contributed by atoms with Crippen LogP contribution < -0.4 is 0 Å². The first-order chi connectivity index (χ1) is 6.03. The van der Waals surface area contributed by atoms with E-state index in [0.717, 1.165) is 10.7 Å². The van der Waals surface area contributed by atoms with Crippen LogP contribution in [-0.2, 0) is 0 Å². The van der Waals surface area contributed by atoms with Crippen LogP contribution in [0.5, 0.6) is 0 Å². The molecule has 1 rings (SSSR count). The number of thioether (sulfide) groups is 1. The zero-order valence-electron chi connectivity index (χ0n) is 8.24. The van der Waals surface area contributed by atoms with Gasteiger partial charge in [-0.3, -0.25) is 0 Å². The minimum absolute atomic E-state index is 0.152. The van der Waals surface area contributed by atoms with E-state index in [2.05, 4.69) is 4.98 Å². The van der Waals surface area contributed by atoms with Crippen molar-refractivity contribution in [3.05, 3.63) is 23.9 Å². The van der Waals surface area contributed by atoms with Crippen LogP contribution in [0.4, 0.5) is 0 Å². The molecule has 0 radical (unpaired) electrons. The monoisotopic (exact) mass is 197 g/mol. The molecule has 0 amide bonds. The molecule has 0 saturated heterocycles. The van der Waals surface area contributed by atoms with Crippen molar-refractivity contribution in [2.75, 3.05) is 6.61 Å². The van der Waals surface area contributed by atoms with E-state index in [0.29, 0.717) is 0 Å². The van der Waals surface area contributed by atoms with Crippen molar-refractivity contribution >= 4 is 11.8 Å². The average Bonchev–Trinajstić information content (AvgIpc) is 2.03. The molecule has 1 aromatic rings. The van der Waals surface area contributed by atoms with E-state index in [4.69, 9.17) is 5.11 Å². The molecule has 1 aromatic heterocycles. The molecule has 72 valence electrons. The van der Waals surface area contributed by atoms with Crippen molar-refractivity contribution in [3.63, 3.8) is 0 Å². The SMILES string of the molecule is Cc1cccc(SC(C)(C)CO)n1. The number of aliphatic hydroxyl groups excluding tert-OH is 1. The summed E-state index contributed by atoms with van der Waals surface area (Å²) in [6.07, 6.45) is 0. The molecule has 0 saturated carbocycles. The molecule has 0 aliphatic carbocycles. The fraction of sp³-hybridized carbons (Fsp3) is 0.500. The maximum Gasteiger partial charge on any atom is 0.0969 e. The van der Waals surface area contributed by atoms with E-state index in [9.17, 15) is 0 Å². The zero-order chi connectivity index (χ0) is 9.90. The van der Waals surface area contributed by atoms with Gasteiger partial charge >= 0.3 is 0 Å². The molecular formula is C10H15NOS. The van der Waals surface area contributed by atoms with E-state index >= 15 is 0 Å². The molecule has 2 nitrogen and oxygen atoms in total. The van der Waals surface area contributed by atoms with Gasteiger partial charge in [0.15, 0.2) is 0 Å². The number of nitrogens with zero attached hydrogens (tertiary/aromatic N) is 1. The number of hydrogen-bond acceptors (Lipinski definition) is 3. The van der Waals surface area contributed by atoms with Gasteiger partial charge < -0.3 is 5.11 Å². The van der Waals surface area contributed by atoms with E-state index in [-0.39, 0.29) is 11.4 Å². The van der Waals surface area contributed by atoms with E-state index < -0.39 is 0 Å². The molecule has 13 heavy (non-hydrogen) atoms.